The summed E-state index contributed by atoms with van der Waals surface area (Å²) in [7, 11) is 1.60. The standard InChI is InChI=1S/C16H13N3OS/c1-20-15-11-12(7-9-17-15)14-8-10-18-16(19-14)21-13-5-3-2-4-6-13/h2-11H,1H3. The average Bonchev–Trinajstić information content (AvgIpc) is 2.56. The topological polar surface area (TPSA) is 47.9 Å². The van der Waals surface area contributed by atoms with Gasteiger partial charge in [-0.15, -0.1) is 0 Å². The maximum absolute atomic E-state index is 5.14. The Labute approximate surface area is 127 Å². The lowest BCUT2D eigenvalue weighted by atomic mass is 10.2. The molecule has 0 fully saturated rings. The average molecular weight is 295 g/mol. The van der Waals surface area contributed by atoms with Crippen LogP contribution in [0.3, 0.4) is 0 Å². The van der Waals surface area contributed by atoms with E-state index in [1.807, 2.05) is 48.5 Å². The van der Waals surface area contributed by atoms with Crippen molar-refractivity contribution in [3.8, 4) is 17.1 Å². The predicted molar refractivity (Wildman–Crippen MR) is 82.4 cm³/mol. The first-order valence-corrected chi connectivity index (χ1v) is 7.23. The van der Waals surface area contributed by atoms with Crippen molar-refractivity contribution < 1.29 is 4.74 Å². The van der Waals surface area contributed by atoms with Crippen molar-refractivity contribution in [3.05, 3.63) is 60.9 Å². The van der Waals surface area contributed by atoms with E-state index in [-0.39, 0.29) is 0 Å². The van der Waals surface area contributed by atoms with Crippen LogP contribution in [-0.4, -0.2) is 22.1 Å². The first-order chi connectivity index (χ1) is 10.3. The zero-order valence-electron chi connectivity index (χ0n) is 11.4. The normalized spacial score (nSPS) is 10.3. The van der Waals surface area contributed by atoms with E-state index in [0.29, 0.717) is 5.88 Å². The van der Waals surface area contributed by atoms with Gasteiger partial charge in [-0.1, -0.05) is 18.2 Å². The smallest absolute Gasteiger partial charge is 0.213 e. The third-order valence-electron chi connectivity index (χ3n) is 2.83. The van der Waals surface area contributed by atoms with Crippen molar-refractivity contribution in [2.45, 2.75) is 10.1 Å². The fraction of sp³-hybridized carbons (Fsp3) is 0.0625. The summed E-state index contributed by atoms with van der Waals surface area (Å²) in [6, 6.07) is 15.7. The van der Waals surface area contributed by atoms with Crippen LogP contribution in [0.25, 0.3) is 11.3 Å². The summed E-state index contributed by atoms with van der Waals surface area (Å²) < 4.78 is 5.14. The molecule has 104 valence electrons. The zero-order chi connectivity index (χ0) is 14.5. The lowest BCUT2D eigenvalue weighted by Gasteiger charge is -2.05. The van der Waals surface area contributed by atoms with Gasteiger partial charge in [0.05, 0.1) is 12.8 Å². The number of ether oxygens (including phenoxy) is 1. The molecule has 21 heavy (non-hydrogen) atoms. The summed E-state index contributed by atoms with van der Waals surface area (Å²) in [5, 5.41) is 0.717. The first-order valence-electron chi connectivity index (χ1n) is 6.41. The van der Waals surface area contributed by atoms with E-state index < -0.39 is 0 Å². The summed E-state index contributed by atoms with van der Waals surface area (Å²) in [4.78, 5) is 14.1. The fourth-order valence-corrected chi connectivity index (χ4v) is 2.59. The highest BCUT2D eigenvalue weighted by Gasteiger charge is 2.05. The van der Waals surface area contributed by atoms with E-state index in [1.54, 1.807) is 19.5 Å². The van der Waals surface area contributed by atoms with Crippen LogP contribution in [0.4, 0.5) is 0 Å². The van der Waals surface area contributed by atoms with E-state index >= 15 is 0 Å². The Kier molecular flexibility index (Phi) is 4.12. The van der Waals surface area contributed by atoms with Crippen LogP contribution in [0.15, 0.2) is 71.0 Å². The molecule has 5 heteroatoms. The molecule has 2 heterocycles. The van der Waals surface area contributed by atoms with Crippen molar-refractivity contribution in [1.82, 2.24) is 15.0 Å². The summed E-state index contributed by atoms with van der Waals surface area (Å²) in [5.41, 5.74) is 1.81. The second kappa shape index (κ2) is 6.37. The van der Waals surface area contributed by atoms with Gasteiger partial charge in [0.25, 0.3) is 0 Å². The molecule has 0 saturated carbocycles. The molecule has 0 amide bonds. The van der Waals surface area contributed by atoms with Gasteiger partial charge in [-0.3, -0.25) is 0 Å². The second-order valence-electron chi connectivity index (χ2n) is 4.23. The van der Waals surface area contributed by atoms with Gasteiger partial charge in [0.2, 0.25) is 5.88 Å². The Morgan fingerprint density at radius 3 is 2.57 bits per heavy atom. The number of aromatic nitrogens is 3. The molecule has 0 aliphatic carbocycles. The van der Waals surface area contributed by atoms with Crippen LogP contribution in [0.5, 0.6) is 5.88 Å². The molecule has 2 aromatic heterocycles. The molecule has 0 bridgehead atoms. The monoisotopic (exact) mass is 295 g/mol. The van der Waals surface area contributed by atoms with Crippen molar-refractivity contribution >= 4 is 11.8 Å². The molecule has 3 aromatic rings. The SMILES string of the molecule is COc1cc(-c2ccnc(Sc3ccccc3)n2)ccn1. The van der Waals surface area contributed by atoms with Gasteiger partial charge in [-0.25, -0.2) is 15.0 Å². The highest BCUT2D eigenvalue weighted by atomic mass is 32.2. The third-order valence-corrected chi connectivity index (χ3v) is 3.71. The van der Waals surface area contributed by atoms with Gasteiger partial charge in [-0.2, -0.15) is 0 Å². The lowest BCUT2D eigenvalue weighted by molar-refractivity contribution is 0.398. The molecule has 0 unspecified atom stereocenters. The number of hydrogen-bond acceptors (Lipinski definition) is 5. The Morgan fingerprint density at radius 1 is 0.952 bits per heavy atom. The van der Waals surface area contributed by atoms with E-state index in [2.05, 4.69) is 15.0 Å². The number of nitrogens with zero attached hydrogens (tertiary/aromatic N) is 3. The number of hydrogen-bond donors (Lipinski definition) is 0. The van der Waals surface area contributed by atoms with Crippen LogP contribution in [0, 0.1) is 0 Å². The summed E-state index contributed by atoms with van der Waals surface area (Å²) in [5.74, 6) is 0.573. The summed E-state index contributed by atoms with van der Waals surface area (Å²) >= 11 is 1.54. The Bertz CT molecular complexity index is 734. The molecule has 0 saturated heterocycles. The Hall–Kier alpha value is -2.40. The molecular weight excluding hydrogens is 282 g/mol. The van der Waals surface area contributed by atoms with Crippen LogP contribution in [-0.2, 0) is 0 Å². The molecular formula is C16H13N3OS. The van der Waals surface area contributed by atoms with Crippen molar-refractivity contribution in [2.75, 3.05) is 7.11 Å². The number of methoxy groups -OCH3 is 1. The Balaban J connectivity index is 1.89. The zero-order valence-corrected chi connectivity index (χ0v) is 12.2. The first kappa shape index (κ1) is 13.6. The fourth-order valence-electron chi connectivity index (χ4n) is 1.83. The minimum atomic E-state index is 0.573. The van der Waals surface area contributed by atoms with Gasteiger partial charge < -0.3 is 4.74 Å². The summed E-state index contributed by atoms with van der Waals surface area (Å²) in [6.45, 7) is 0. The third kappa shape index (κ3) is 3.38. The molecule has 0 radical (unpaired) electrons. The molecule has 0 atom stereocenters. The maximum Gasteiger partial charge on any atom is 0.213 e. The highest BCUT2D eigenvalue weighted by Crippen LogP contribution is 2.26. The van der Waals surface area contributed by atoms with Gasteiger partial charge in [0, 0.05) is 28.9 Å². The van der Waals surface area contributed by atoms with Gasteiger partial charge in [0.15, 0.2) is 5.16 Å². The molecule has 0 aliphatic heterocycles. The molecule has 0 N–H and O–H groups in total. The van der Waals surface area contributed by atoms with Gasteiger partial charge in [-0.05, 0) is 36.0 Å². The van der Waals surface area contributed by atoms with E-state index in [0.717, 1.165) is 21.3 Å². The van der Waals surface area contributed by atoms with Crippen molar-refractivity contribution in [3.63, 3.8) is 0 Å². The number of rotatable bonds is 4. The molecule has 0 spiro atoms. The molecule has 0 aliphatic rings. The van der Waals surface area contributed by atoms with Crippen LogP contribution in [0.2, 0.25) is 0 Å². The molecule has 1 aromatic carbocycles. The number of pyridine rings is 1. The van der Waals surface area contributed by atoms with Gasteiger partial charge >= 0.3 is 0 Å². The minimum absolute atomic E-state index is 0.573. The van der Waals surface area contributed by atoms with Crippen molar-refractivity contribution in [1.29, 1.82) is 0 Å². The minimum Gasteiger partial charge on any atom is -0.481 e. The summed E-state index contributed by atoms with van der Waals surface area (Å²) in [6.07, 6.45) is 3.47. The highest BCUT2D eigenvalue weighted by molar-refractivity contribution is 7.99. The molecule has 4 nitrogen and oxygen atoms in total. The number of benzene rings is 1. The van der Waals surface area contributed by atoms with E-state index in [9.17, 15) is 0 Å². The lowest BCUT2D eigenvalue weighted by Crippen LogP contribution is -1.92. The van der Waals surface area contributed by atoms with Crippen LogP contribution in [0.1, 0.15) is 0 Å². The van der Waals surface area contributed by atoms with Crippen LogP contribution >= 0.6 is 11.8 Å². The largest absolute Gasteiger partial charge is 0.481 e. The second-order valence-corrected chi connectivity index (χ2v) is 5.27. The quantitative estimate of drug-likeness (QED) is 0.687. The Morgan fingerprint density at radius 2 is 1.76 bits per heavy atom. The maximum atomic E-state index is 5.14. The predicted octanol–water partition coefficient (Wildman–Crippen LogP) is 3.70. The van der Waals surface area contributed by atoms with Gasteiger partial charge in [0.1, 0.15) is 0 Å². The van der Waals surface area contributed by atoms with E-state index in [1.165, 1.54) is 11.8 Å². The molecule has 3 rings (SSSR count). The van der Waals surface area contributed by atoms with E-state index in [4.69, 9.17) is 4.74 Å². The van der Waals surface area contributed by atoms with Crippen molar-refractivity contribution in [2.24, 2.45) is 0 Å². The van der Waals surface area contributed by atoms with Crippen LogP contribution < -0.4 is 4.74 Å².